The molecule has 1 amide bonds. The number of amides is 1. The van der Waals surface area contributed by atoms with Crippen molar-refractivity contribution in [1.29, 1.82) is 0 Å². The predicted molar refractivity (Wildman–Crippen MR) is 78.9 cm³/mol. The van der Waals surface area contributed by atoms with Crippen LogP contribution in [0.15, 0.2) is 0 Å². The highest BCUT2D eigenvalue weighted by Gasteiger charge is 2.44. The van der Waals surface area contributed by atoms with Crippen molar-refractivity contribution in [2.45, 2.75) is 57.4 Å². The van der Waals surface area contributed by atoms with Crippen LogP contribution in [0.4, 0.5) is 0 Å². The van der Waals surface area contributed by atoms with E-state index in [1.54, 1.807) is 0 Å². The smallest absolute Gasteiger partial charge is 0.225 e. The number of carbonyl (C=O) groups excluding carboxylic acids is 1. The molecule has 1 aliphatic heterocycles. The Bertz CT molecular complexity index is 370. The molecule has 3 nitrogen and oxygen atoms in total. The Kier molecular flexibility index (Phi) is 3.29. The van der Waals surface area contributed by atoms with Crippen LogP contribution in [0, 0.1) is 29.6 Å². The highest BCUT2D eigenvalue weighted by molar-refractivity contribution is 5.79. The zero-order valence-electron chi connectivity index (χ0n) is 12.5. The Labute approximate surface area is 122 Å². The number of hydrogen-bond donors (Lipinski definition) is 1. The lowest BCUT2D eigenvalue weighted by atomic mass is 9.65. The topological polar surface area (TPSA) is 46.3 Å². The number of fused-ring (bicyclic) bond motifs is 3. The van der Waals surface area contributed by atoms with Crippen LogP contribution in [-0.2, 0) is 4.79 Å². The first-order valence-corrected chi connectivity index (χ1v) is 8.76. The third-order valence-corrected chi connectivity index (χ3v) is 6.80. The molecule has 4 rings (SSSR count). The van der Waals surface area contributed by atoms with Gasteiger partial charge in [-0.25, -0.2) is 0 Å². The second-order valence-electron chi connectivity index (χ2n) is 7.89. The first-order valence-electron chi connectivity index (χ1n) is 8.76. The van der Waals surface area contributed by atoms with Crippen molar-refractivity contribution in [3.63, 3.8) is 0 Å². The predicted octanol–water partition coefficient (Wildman–Crippen LogP) is 2.40. The molecule has 0 spiro atoms. The second-order valence-corrected chi connectivity index (χ2v) is 7.89. The molecule has 0 radical (unpaired) electrons. The van der Waals surface area contributed by atoms with E-state index in [0.29, 0.717) is 29.7 Å². The molecule has 2 bridgehead atoms. The maximum absolute atomic E-state index is 12.9. The maximum Gasteiger partial charge on any atom is 0.225 e. The van der Waals surface area contributed by atoms with Crippen molar-refractivity contribution in [3.8, 4) is 0 Å². The first-order chi connectivity index (χ1) is 9.72. The summed E-state index contributed by atoms with van der Waals surface area (Å²) in [6.07, 6.45) is 10.1. The molecule has 1 saturated heterocycles. The molecular weight excluding hydrogens is 248 g/mol. The standard InChI is InChI=1S/C17H28N2O/c18-16-11-3-1-4-12(16)8-15(7-11)17(20)19-9-13-5-2-6-14(13)10-19/h11-16H,1-10,18H2. The molecule has 4 fully saturated rings. The lowest BCUT2D eigenvalue weighted by Gasteiger charge is -2.44. The van der Waals surface area contributed by atoms with Gasteiger partial charge in [0.15, 0.2) is 0 Å². The number of nitrogens with two attached hydrogens (primary N) is 1. The molecule has 4 aliphatic rings. The van der Waals surface area contributed by atoms with E-state index in [1.807, 2.05) is 0 Å². The van der Waals surface area contributed by atoms with Gasteiger partial charge >= 0.3 is 0 Å². The van der Waals surface area contributed by atoms with Crippen LogP contribution >= 0.6 is 0 Å². The summed E-state index contributed by atoms with van der Waals surface area (Å²) in [6.45, 7) is 2.11. The van der Waals surface area contributed by atoms with E-state index in [1.165, 1.54) is 38.5 Å². The van der Waals surface area contributed by atoms with Gasteiger partial charge in [-0.2, -0.15) is 0 Å². The summed E-state index contributed by atoms with van der Waals surface area (Å²) >= 11 is 0. The first kappa shape index (κ1) is 13.1. The SMILES string of the molecule is NC1C2CCCC1CC(C(=O)N1CC3CCCC3C1)C2. The van der Waals surface area contributed by atoms with Gasteiger partial charge in [0, 0.05) is 25.0 Å². The van der Waals surface area contributed by atoms with Crippen LogP contribution in [0.25, 0.3) is 0 Å². The van der Waals surface area contributed by atoms with Crippen molar-refractivity contribution < 1.29 is 4.79 Å². The summed E-state index contributed by atoms with van der Waals surface area (Å²) in [5.41, 5.74) is 6.35. The fourth-order valence-corrected chi connectivity index (χ4v) is 5.66. The zero-order valence-corrected chi connectivity index (χ0v) is 12.5. The van der Waals surface area contributed by atoms with E-state index in [0.717, 1.165) is 37.8 Å². The number of hydrogen-bond acceptors (Lipinski definition) is 2. The number of rotatable bonds is 1. The summed E-state index contributed by atoms with van der Waals surface area (Å²) in [6, 6.07) is 0.380. The van der Waals surface area contributed by atoms with Gasteiger partial charge in [0.1, 0.15) is 0 Å². The molecule has 4 atom stereocenters. The number of nitrogens with zero attached hydrogens (tertiary/aromatic N) is 1. The average molecular weight is 276 g/mol. The Morgan fingerprint density at radius 2 is 1.35 bits per heavy atom. The van der Waals surface area contributed by atoms with E-state index >= 15 is 0 Å². The molecule has 112 valence electrons. The molecule has 3 aliphatic carbocycles. The fourth-order valence-electron chi connectivity index (χ4n) is 5.66. The van der Waals surface area contributed by atoms with Crippen LogP contribution in [-0.4, -0.2) is 29.9 Å². The molecule has 20 heavy (non-hydrogen) atoms. The van der Waals surface area contributed by atoms with E-state index in [-0.39, 0.29) is 0 Å². The zero-order chi connectivity index (χ0) is 13.7. The molecule has 4 unspecified atom stereocenters. The van der Waals surface area contributed by atoms with Crippen molar-refractivity contribution in [1.82, 2.24) is 4.90 Å². The van der Waals surface area contributed by atoms with E-state index in [4.69, 9.17) is 5.73 Å². The second kappa shape index (κ2) is 5.01. The van der Waals surface area contributed by atoms with Crippen LogP contribution < -0.4 is 5.73 Å². The highest BCUT2D eigenvalue weighted by Crippen LogP contribution is 2.44. The molecule has 0 aromatic heterocycles. The Morgan fingerprint density at radius 1 is 0.850 bits per heavy atom. The summed E-state index contributed by atoms with van der Waals surface area (Å²) in [7, 11) is 0. The largest absolute Gasteiger partial charge is 0.342 e. The average Bonchev–Trinajstić information content (AvgIpc) is 2.98. The van der Waals surface area contributed by atoms with Gasteiger partial charge < -0.3 is 10.6 Å². The summed E-state index contributed by atoms with van der Waals surface area (Å²) < 4.78 is 0. The van der Waals surface area contributed by atoms with Crippen molar-refractivity contribution >= 4 is 5.91 Å². The van der Waals surface area contributed by atoms with Gasteiger partial charge in [-0.15, -0.1) is 0 Å². The minimum Gasteiger partial charge on any atom is -0.342 e. The minimum absolute atomic E-state index is 0.295. The number of carbonyl (C=O) groups is 1. The van der Waals surface area contributed by atoms with Gasteiger partial charge in [0.2, 0.25) is 5.91 Å². The minimum atomic E-state index is 0.295. The van der Waals surface area contributed by atoms with Crippen LogP contribution in [0.2, 0.25) is 0 Å². The lowest BCUT2D eigenvalue weighted by Crippen LogP contribution is -2.49. The summed E-state index contributed by atoms with van der Waals surface area (Å²) in [5, 5.41) is 0. The third-order valence-electron chi connectivity index (χ3n) is 6.80. The highest BCUT2D eigenvalue weighted by atomic mass is 16.2. The molecule has 0 aromatic rings. The monoisotopic (exact) mass is 276 g/mol. The van der Waals surface area contributed by atoms with Crippen LogP contribution in [0.5, 0.6) is 0 Å². The third kappa shape index (κ3) is 2.09. The summed E-state index contributed by atoms with van der Waals surface area (Å²) in [5.74, 6) is 3.66. The maximum atomic E-state index is 12.9. The quantitative estimate of drug-likeness (QED) is 0.799. The fraction of sp³-hybridized carbons (Fsp3) is 0.941. The van der Waals surface area contributed by atoms with Crippen molar-refractivity contribution in [3.05, 3.63) is 0 Å². The van der Waals surface area contributed by atoms with E-state index < -0.39 is 0 Å². The molecule has 2 N–H and O–H groups in total. The molecular formula is C17H28N2O. The van der Waals surface area contributed by atoms with Crippen molar-refractivity contribution in [2.24, 2.45) is 35.3 Å². The normalized spacial score (nSPS) is 47.4. The Balaban J connectivity index is 1.42. The van der Waals surface area contributed by atoms with Gasteiger partial charge in [0.25, 0.3) is 0 Å². The van der Waals surface area contributed by atoms with Crippen molar-refractivity contribution in [2.75, 3.05) is 13.1 Å². The summed E-state index contributed by atoms with van der Waals surface area (Å²) in [4.78, 5) is 15.1. The van der Waals surface area contributed by atoms with Gasteiger partial charge in [0.05, 0.1) is 0 Å². The molecule has 0 aromatic carbocycles. The van der Waals surface area contributed by atoms with E-state index in [9.17, 15) is 4.79 Å². The molecule has 3 saturated carbocycles. The van der Waals surface area contributed by atoms with Crippen LogP contribution in [0.1, 0.15) is 51.4 Å². The lowest BCUT2D eigenvalue weighted by molar-refractivity contribution is -0.137. The Morgan fingerprint density at radius 3 is 1.90 bits per heavy atom. The van der Waals surface area contributed by atoms with Gasteiger partial charge in [-0.05, 0) is 62.2 Å². The van der Waals surface area contributed by atoms with E-state index in [2.05, 4.69) is 4.90 Å². The Hall–Kier alpha value is -0.570. The molecule has 1 heterocycles. The number of likely N-dealkylation sites (tertiary alicyclic amines) is 1. The van der Waals surface area contributed by atoms with Crippen LogP contribution in [0.3, 0.4) is 0 Å². The molecule has 3 heteroatoms. The van der Waals surface area contributed by atoms with Gasteiger partial charge in [-0.1, -0.05) is 12.8 Å². The van der Waals surface area contributed by atoms with Gasteiger partial charge in [-0.3, -0.25) is 4.79 Å².